The summed E-state index contributed by atoms with van der Waals surface area (Å²) in [5.74, 6) is 1.11. The van der Waals surface area contributed by atoms with Crippen molar-refractivity contribution in [3.8, 4) is 22.9 Å². The second kappa shape index (κ2) is 19.0. The predicted molar refractivity (Wildman–Crippen MR) is 266 cm³/mol. The quantitative estimate of drug-likeness (QED) is 0.0709. The van der Waals surface area contributed by atoms with Gasteiger partial charge in [-0.15, -0.1) is 30.0 Å². The second-order valence-corrected chi connectivity index (χ2v) is 20.4. The Morgan fingerprint density at radius 2 is 1.04 bits per heavy atom. The van der Waals surface area contributed by atoms with Crippen molar-refractivity contribution in [2.24, 2.45) is 5.41 Å². The van der Waals surface area contributed by atoms with Crippen molar-refractivity contribution in [1.82, 2.24) is 30.0 Å². The summed E-state index contributed by atoms with van der Waals surface area (Å²) < 4.78 is 16.4. The van der Waals surface area contributed by atoms with Crippen molar-refractivity contribution in [3.05, 3.63) is 167 Å². The Morgan fingerprint density at radius 3 is 1.55 bits per heavy atom. The molecule has 0 amide bonds. The van der Waals surface area contributed by atoms with Crippen LogP contribution in [0.4, 0.5) is 4.79 Å². The molecular formula is C56H62N6O5. The van der Waals surface area contributed by atoms with Gasteiger partial charge in [0.05, 0.1) is 18.2 Å². The number of rotatable bonds is 11. The maximum atomic E-state index is 14.1. The Bertz CT molecular complexity index is 2940. The van der Waals surface area contributed by atoms with Crippen LogP contribution in [-0.2, 0) is 21.0 Å². The standard InChI is InChI=1S/C31H37N3O2.C25H25N3O3/c1-29(2,3)20-30(4,5)22-15-18-24(27(19-22)34-32-25-11-9-10-12-26(25)33-34)28(35)31(6,7)21-13-16-23(36-8)17-14-21;1-17(18-10-6-5-7-11-18)30-24(29)31-23-15-14-19(25(2,3)4)16-22(23)28-26-20-12-8-9-13-21(20)27-28/h9-19H,20H2,1-8H3;5-17H,1-4H3. The third kappa shape index (κ3) is 11.1. The summed E-state index contributed by atoms with van der Waals surface area (Å²) in [4.78, 5) is 29.8. The number of fused-ring (bicyclic) bond motifs is 2. The number of ketones is 1. The van der Waals surface area contributed by atoms with Gasteiger partial charge in [-0.2, -0.15) is 0 Å². The third-order valence-corrected chi connectivity index (χ3v) is 11.9. The monoisotopic (exact) mass is 898 g/mol. The van der Waals surface area contributed by atoms with Crippen LogP contribution in [0.5, 0.6) is 11.5 Å². The molecule has 346 valence electrons. The van der Waals surface area contributed by atoms with Gasteiger partial charge in [0.25, 0.3) is 0 Å². The van der Waals surface area contributed by atoms with Crippen LogP contribution in [0, 0.1) is 5.41 Å². The highest BCUT2D eigenvalue weighted by molar-refractivity contribution is 6.06. The fourth-order valence-electron chi connectivity index (χ4n) is 8.43. The molecule has 2 heterocycles. The molecule has 0 N–H and O–H groups in total. The first-order chi connectivity index (χ1) is 31.6. The van der Waals surface area contributed by atoms with E-state index in [9.17, 15) is 9.59 Å². The molecule has 1 unspecified atom stereocenters. The molecule has 11 nitrogen and oxygen atoms in total. The molecule has 0 aliphatic heterocycles. The lowest BCUT2D eigenvalue weighted by Gasteiger charge is -2.33. The first kappa shape index (κ1) is 47.8. The van der Waals surface area contributed by atoms with Crippen molar-refractivity contribution in [1.29, 1.82) is 0 Å². The molecule has 0 radical (unpaired) electrons. The number of hydrogen-bond donors (Lipinski definition) is 0. The van der Waals surface area contributed by atoms with Crippen LogP contribution in [0.1, 0.15) is 121 Å². The number of carbonyl (C=O) groups is 2. The lowest BCUT2D eigenvalue weighted by atomic mass is 9.71. The van der Waals surface area contributed by atoms with Gasteiger partial charge in [0.1, 0.15) is 39.6 Å². The lowest BCUT2D eigenvalue weighted by molar-refractivity contribution is 0.0654. The Labute approximate surface area is 394 Å². The van der Waals surface area contributed by atoms with Gasteiger partial charge in [0, 0.05) is 5.56 Å². The molecule has 0 fully saturated rings. The van der Waals surface area contributed by atoms with Crippen LogP contribution in [0.2, 0.25) is 0 Å². The first-order valence-electron chi connectivity index (χ1n) is 22.7. The highest BCUT2D eigenvalue weighted by Gasteiger charge is 2.35. The third-order valence-electron chi connectivity index (χ3n) is 11.9. The van der Waals surface area contributed by atoms with Crippen molar-refractivity contribution >= 4 is 34.0 Å². The van der Waals surface area contributed by atoms with Crippen molar-refractivity contribution in [3.63, 3.8) is 0 Å². The SMILES string of the molecule is CC(OC(=O)Oc1ccc(C(C)(C)C)cc1-n1nc2ccccc2n1)c1ccccc1.COc1ccc(C(C)(C)C(=O)c2ccc(C(C)(C)CC(C)(C)C)cc2-n2nc3ccccc3n2)cc1. The van der Waals surface area contributed by atoms with Crippen LogP contribution in [0.25, 0.3) is 33.4 Å². The van der Waals surface area contributed by atoms with E-state index < -0.39 is 17.7 Å². The molecule has 8 aromatic rings. The number of nitrogens with zero attached hydrogens (tertiary/aromatic N) is 6. The van der Waals surface area contributed by atoms with Crippen LogP contribution >= 0.6 is 0 Å². The average molecular weight is 899 g/mol. The van der Waals surface area contributed by atoms with Crippen LogP contribution in [-0.4, -0.2) is 49.0 Å². The van der Waals surface area contributed by atoms with E-state index in [0.29, 0.717) is 22.7 Å². The average Bonchev–Trinajstić information content (AvgIpc) is 3.93. The molecule has 0 aliphatic rings. The molecule has 8 rings (SSSR count). The normalized spacial score (nSPS) is 12.6. The van der Waals surface area contributed by atoms with Gasteiger partial charge in [0.2, 0.25) is 0 Å². The summed E-state index contributed by atoms with van der Waals surface area (Å²) in [5.41, 5.74) is 8.26. The van der Waals surface area contributed by atoms with Gasteiger partial charge in [-0.3, -0.25) is 4.79 Å². The lowest BCUT2D eigenvalue weighted by Crippen LogP contribution is -2.31. The van der Waals surface area contributed by atoms with Crippen LogP contribution in [0.15, 0.2) is 140 Å². The van der Waals surface area contributed by atoms with E-state index >= 15 is 0 Å². The minimum atomic E-state index is -0.780. The van der Waals surface area contributed by atoms with Gasteiger partial charge in [-0.05, 0) is 126 Å². The smallest absolute Gasteiger partial charge is 0.497 e. The highest BCUT2D eigenvalue weighted by Crippen LogP contribution is 2.39. The number of ether oxygens (including phenoxy) is 3. The van der Waals surface area contributed by atoms with Gasteiger partial charge in [0.15, 0.2) is 11.5 Å². The van der Waals surface area contributed by atoms with Gasteiger partial charge in [-0.25, -0.2) is 4.79 Å². The van der Waals surface area contributed by atoms with E-state index in [1.165, 1.54) is 4.80 Å². The van der Waals surface area contributed by atoms with E-state index in [1.54, 1.807) is 18.0 Å². The minimum Gasteiger partial charge on any atom is -0.497 e. The van der Waals surface area contributed by atoms with Gasteiger partial charge in [-0.1, -0.05) is 134 Å². The summed E-state index contributed by atoms with van der Waals surface area (Å²) >= 11 is 0. The molecule has 2 aromatic heterocycles. The Hall–Kier alpha value is -7.14. The number of methoxy groups -OCH3 is 1. The van der Waals surface area contributed by atoms with Crippen LogP contribution in [0.3, 0.4) is 0 Å². The molecule has 6 aromatic carbocycles. The number of hydrogen-bond acceptors (Lipinski definition) is 9. The van der Waals surface area contributed by atoms with Crippen LogP contribution < -0.4 is 9.47 Å². The fourth-order valence-corrected chi connectivity index (χ4v) is 8.43. The van der Waals surface area contributed by atoms with Crippen molar-refractivity contribution in [2.45, 2.75) is 105 Å². The summed E-state index contributed by atoms with van der Waals surface area (Å²) in [6.45, 7) is 23.4. The molecule has 0 saturated carbocycles. The van der Waals surface area contributed by atoms with E-state index in [1.807, 2.05) is 142 Å². The summed E-state index contributed by atoms with van der Waals surface area (Å²) in [6.07, 6.45) is -0.215. The molecule has 0 bridgehead atoms. The highest BCUT2D eigenvalue weighted by atomic mass is 16.7. The first-order valence-corrected chi connectivity index (χ1v) is 22.7. The molecule has 0 spiro atoms. The fraction of sp³-hybridized carbons (Fsp3) is 0.321. The number of aromatic nitrogens is 6. The van der Waals surface area contributed by atoms with E-state index in [0.717, 1.165) is 56.5 Å². The minimum absolute atomic E-state index is 0.0178. The van der Waals surface area contributed by atoms with Crippen molar-refractivity contribution < 1.29 is 23.8 Å². The molecule has 11 heteroatoms. The molecular weight excluding hydrogens is 837 g/mol. The zero-order valence-corrected chi connectivity index (χ0v) is 40.8. The second-order valence-electron chi connectivity index (χ2n) is 20.4. The van der Waals surface area contributed by atoms with E-state index in [2.05, 4.69) is 77.7 Å². The van der Waals surface area contributed by atoms with Gasteiger partial charge < -0.3 is 14.2 Å². The molecule has 0 saturated heterocycles. The van der Waals surface area contributed by atoms with E-state index in [4.69, 9.17) is 24.4 Å². The van der Waals surface area contributed by atoms with Gasteiger partial charge >= 0.3 is 6.16 Å². The maximum Gasteiger partial charge on any atom is 0.514 e. The Balaban J connectivity index is 0.000000201. The number of carbonyl (C=O) groups excluding carboxylic acids is 2. The zero-order chi connectivity index (χ0) is 48.3. The van der Waals surface area contributed by atoms with Crippen molar-refractivity contribution in [2.75, 3.05) is 7.11 Å². The largest absolute Gasteiger partial charge is 0.514 e. The Morgan fingerprint density at radius 1 is 0.567 bits per heavy atom. The summed E-state index contributed by atoms with van der Waals surface area (Å²) in [5, 5.41) is 18.6. The molecule has 67 heavy (non-hydrogen) atoms. The summed E-state index contributed by atoms with van der Waals surface area (Å²) in [6, 6.07) is 44.4. The predicted octanol–water partition coefficient (Wildman–Crippen LogP) is 13.3. The zero-order valence-electron chi connectivity index (χ0n) is 40.8. The molecule has 1 atom stereocenters. The molecule has 0 aliphatic carbocycles. The number of Topliss-reactive ketones (excluding diaryl/α,β-unsaturated/α-hetero) is 1. The maximum absolute atomic E-state index is 14.1. The Kier molecular flexibility index (Phi) is 13.6. The number of benzene rings is 6. The van der Waals surface area contributed by atoms with E-state index in [-0.39, 0.29) is 22.0 Å². The summed E-state index contributed by atoms with van der Waals surface area (Å²) in [7, 11) is 1.64. The topological polar surface area (TPSA) is 123 Å².